The number of rotatable bonds is 10. The van der Waals surface area contributed by atoms with Crippen molar-refractivity contribution < 1.29 is 33.5 Å². The molecule has 2 aromatic carbocycles. The summed E-state index contributed by atoms with van der Waals surface area (Å²) in [5, 5.41) is 11.5. The van der Waals surface area contributed by atoms with E-state index >= 15 is 0 Å². The SMILES string of the molecule is COC(=O)CCCOc1cc([N+](=O)[O-])c(COC(=O)c2ccccc2)cc1OC. The topological polar surface area (TPSA) is 114 Å². The zero-order valence-corrected chi connectivity index (χ0v) is 16.1. The van der Waals surface area contributed by atoms with Gasteiger partial charge in [0.1, 0.15) is 6.61 Å². The zero-order valence-electron chi connectivity index (χ0n) is 16.1. The number of nitro groups is 1. The van der Waals surface area contributed by atoms with E-state index < -0.39 is 10.9 Å². The first-order valence-corrected chi connectivity index (χ1v) is 8.73. The molecule has 2 aromatic rings. The van der Waals surface area contributed by atoms with Gasteiger partial charge in [-0.25, -0.2) is 4.79 Å². The van der Waals surface area contributed by atoms with Crippen molar-refractivity contribution in [2.45, 2.75) is 19.4 Å². The molecule has 0 aromatic heterocycles. The van der Waals surface area contributed by atoms with Crippen LogP contribution in [0.1, 0.15) is 28.8 Å². The molecule has 0 aliphatic heterocycles. The summed E-state index contributed by atoms with van der Waals surface area (Å²) in [6, 6.07) is 10.9. The number of ether oxygens (including phenoxy) is 4. The fraction of sp³-hybridized carbons (Fsp3) is 0.300. The van der Waals surface area contributed by atoms with Crippen molar-refractivity contribution in [1.82, 2.24) is 0 Å². The summed E-state index contributed by atoms with van der Waals surface area (Å²) in [6.45, 7) is -0.159. The van der Waals surface area contributed by atoms with Gasteiger partial charge in [-0.15, -0.1) is 0 Å². The fourth-order valence-corrected chi connectivity index (χ4v) is 2.45. The van der Waals surface area contributed by atoms with Crippen LogP contribution in [-0.4, -0.2) is 37.7 Å². The van der Waals surface area contributed by atoms with Gasteiger partial charge in [0.25, 0.3) is 5.69 Å². The lowest BCUT2D eigenvalue weighted by atomic mass is 10.1. The van der Waals surface area contributed by atoms with E-state index in [-0.39, 0.29) is 48.4 Å². The number of hydrogen-bond donors (Lipinski definition) is 0. The third-order valence-electron chi connectivity index (χ3n) is 3.94. The third-order valence-corrected chi connectivity index (χ3v) is 3.94. The van der Waals surface area contributed by atoms with Crippen LogP contribution in [-0.2, 0) is 20.9 Å². The Hall–Kier alpha value is -3.62. The smallest absolute Gasteiger partial charge is 0.338 e. The molecule has 9 heteroatoms. The Kier molecular flexibility index (Phi) is 7.96. The molecule has 2 rings (SSSR count). The molecular weight excluding hydrogens is 382 g/mol. The largest absolute Gasteiger partial charge is 0.493 e. The molecule has 0 saturated heterocycles. The summed E-state index contributed by atoms with van der Waals surface area (Å²) in [5.41, 5.74) is 0.236. The Morgan fingerprint density at radius 1 is 1.07 bits per heavy atom. The highest BCUT2D eigenvalue weighted by molar-refractivity contribution is 5.89. The van der Waals surface area contributed by atoms with Crippen LogP contribution in [0, 0.1) is 10.1 Å². The van der Waals surface area contributed by atoms with Gasteiger partial charge in [-0.1, -0.05) is 18.2 Å². The molecule has 154 valence electrons. The summed E-state index contributed by atoms with van der Waals surface area (Å²) in [6.07, 6.45) is 0.536. The lowest BCUT2D eigenvalue weighted by Gasteiger charge is -2.13. The van der Waals surface area contributed by atoms with Crippen molar-refractivity contribution in [3.63, 3.8) is 0 Å². The maximum atomic E-state index is 12.1. The Morgan fingerprint density at radius 2 is 1.79 bits per heavy atom. The second-order valence-corrected chi connectivity index (χ2v) is 5.86. The minimum Gasteiger partial charge on any atom is -0.493 e. The van der Waals surface area contributed by atoms with Gasteiger partial charge in [-0.2, -0.15) is 0 Å². The number of carbonyl (C=O) groups excluding carboxylic acids is 2. The van der Waals surface area contributed by atoms with Crippen LogP contribution in [0.3, 0.4) is 0 Å². The number of esters is 2. The molecule has 0 aliphatic rings. The monoisotopic (exact) mass is 403 g/mol. The number of nitrogens with zero attached hydrogens (tertiary/aromatic N) is 1. The summed E-state index contributed by atoms with van der Waals surface area (Å²) in [5.74, 6) is -0.564. The van der Waals surface area contributed by atoms with Crippen LogP contribution in [0.4, 0.5) is 5.69 Å². The molecule has 0 aliphatic carbocycles. The van der Waals surface area contributed by atoms with Gasteiger partial charge in [-0.3, -0.25) is 14.9 Å². The molecule has 0 N–H and O–H groups in total. The number of methoxy groups -OCH3 is 2. The predicted octanol–water partition coefficient (Wildman–Crippen LogP) is 3.29. The van der Waals surface area contributed by atoms with Gasteiger partial charge in [0.2, 0.25) is 0 Å². The first-order chi connectivity index (χ1) is 14.0. The highest BCUT2D eigenvalue weighted by Crippen LogP contribution is 2.35. The van der Waals surface area contributed by atoms with Gasteiger partial charge < -0.3 is 18.9 Å². The minimum absolute atomic E-state index is 0.144. The van der Waals surface area contributed by atoms with Crippen molar-refractivity contribution in [3.05, 3.63) is 63.7 Å². The molecule has 0 saturated carbocycles. The van der Waals surface area contributed by atoms with Crippen LogP contribution < -0.4 is 9.47 Å². The maximum absolute atomic E-state index is 12.1. The average molecular weight is 403 g/mol. The highest BCUT2D eigenvalue weighted by Gasteiger charge is 2.21. The minimum atomic E-state index is -0.595. The number of hydrogen-bond acceptors (Lipinski definition) is 8. The van der Waals surface area contributed by atoms with E-state index in [9.17, 15) is 19.7 Å². The fourth-order valence-electron chi connectivity index (χ4n) is 2.45. The van der Waals surface area contributed by atoms with Crippen LogP contribution in [0.2, 0.25) is 0 Å². The van der Waals surface area contributed by atoms with Gasteiger partial charge in [0.05, 0.1) is 42.9 Å². The Morgan fingerprint density at radius 3 is 2.41 bits per heavy atom. The van der Waals surface area contributed by atoms with Gasteiger partial charge in [0.15, 0.2) is 11.5 Å². The van der Waals surface area contributed by atoms with E-state index in [0.29, 0.717) is 12.0 Å². The number of nitro benzene ring substituents is 1. The van der Waals surface area contributed by atoms with Crippen LogP contribution in [0.25, 0.3) is 0 Å². The predicted molar refractivity (Wildman–Crippen MR) is 102 cm³/mol. The van der Waals surface area contributed by atoms with Crippen LogP contribution in [0.5, 0.6) is 11.5 Å². The maximum Gasteiger partial charge on any atom is 0.338 e. The van der Waals surface area contributed by atoms with Gasteiger partial charge >= 0.3 is 11.9 Å². The standard InChI is InChI=1S/C20H21NO8/c1-26-17-11-15(13-29-20(23)14-7-4-3-5-8-14)16(21(24)25)12-18(17)28-10-6-9-19(22)27-2/h3-5,7-8,11-12H,6,9-10,13H2,1-2H3. The molecule has 0 atom stereocenters. The molecule has 0 fully saturated rings. The van der Waals surface area contributed by atoms with E-state index in [1.165, 1.54) is 26.4 Å². The highest BCUT2D eigenvalue weighted by atomic mass is 16.6. The normalized spacial score (nSPS) is 10.1. The lowest BCUT2D eigenvalue weighted by molar-refractivity contribution is -0.385. The Labute approximate surface area is 167 Å². The van der Waals surface area contributed by atoms with E-state index in [2.05, 4.69) is 4.74 Å². The van der Waals surface area contributed by atoms with Crippen molar-refractivity contribution in [2.24, 2.45) is 0 Å². The first kappa shape index (κ1) is 21.7. The van der Waals surface area contributed by atoms with E-state index in [1.807, 2.05) is 0 Å². The van der Waals surface area contributed by atoms with E-state index in [4.69, 9.17) is 14.2 Å². The summed E-state index contributed by atoms with van der Waals surface area (Å²) < 4.78 is 20.5. The van der Waals surface area contributed by atoms with Crippen LogP contribution >= 0.6 is 0 Å². The Balaban J connectivity index is 2.12. The quantitative estimate of drug-likeness (QED) is 0.257. The molecule has 0 heterocycles. The number of benzene rings is 2. The van der Waals surface area contributed by atoms with E-state index in [1.54, 1.807) is 30.3 Å². The van der Waals surface area contributed by atoms with Crippen molar-refractivity contribution in [2.75, 3.05) is 20.8 Å². The van der Waals surface area contributed by atoms with Crippen molar-refractivity contribution in [3.8, 4) is 11.5 Å². The molecule has 9 nitrogen and oxygen atoms in total. The zero-order chi connectivity index (χ0) is 21.2. The Bertz CT molecular complexity index is 866. The summed E-state index contributed by atoms with van der Waals surface area (Å²) in [4.78, 5) is 34.1. The van der Waals surface area contributed by atoms with E-state index in [0.717, 1.165) is 0 Å². The summed E-state index contributed by atoms with van der Waals surface area (Å²) in [7, 11) is 2.68. The molecule has 0 unspecified atom stereocenters. The summed E-state index contributed by atoms with van der Waals surface area (Å²) >= 11 is 0. The number of carbonyl (C=O) groups is 2. The van der Waals surface area contributed by atoms with Crippen molar-refractivity contribution in [1.29, 1.82) is 0 Å². The first-order valence-electron chi connectivity index (χ1n) is 8.73. The lowest BCUT2D eigenvalue weighted by Crippen LogP contribution is -2.08. The molecule has 0 amide bonds. The van der Waals surface area contributed by atoms with Gasteiger partial charge in [0, 0.05) is 6.42 Å². The van der Waals surface area contributed by atoms with Gasteiger partial charge in [-0.05, 0) is 24.6 Å². The molecule has 0 bridgehead atoms. The molecule has 0 spiro atoms. The molecular formula is C20H21NO8. The second kappa shape index (κ2) is 10.6. The second-order valence-electron chi connectivity index (χ2n) is 5.86. The van der Waals surface area contributed by atoms with Crippen LogP contribution in [0.15, 0.2) is 42.5 Å². The third kappa shape index (κ3) is 6.20. The average Bonchev–Trinajstić information content (AvgIpc) is 2.75. The molecule has 0 radical (unpaired) electrons. The van der Waals surface area contributed by atoms with Crippen molar-refractivity contribution >= 4 is 17.6 Å². The molecule has 29 heavy (non-hydrogen) atoms.